The highest BCUT2D eigenvalue weighted by atomic mass is 16.4. The van der Waals surface area contributed by atoms with Gasteiger partial charge in [-0.05, 0) is 54.6 Å². The number of hydrogen-bond donors (Lipinski definition) is 2. The number of carbonyl (C=O) groups excluding carboxylic acids is 1. The number of amides is 1. The summed E-state index contributed by atoms with van der Waals surface area (Å²) in [4.78, 5) is 25.0. The van der Waals surface area contributed by atoms with E-state index in [1.54, 1.807) is 7.05 Å². The third-order valence-electron chi connectivity index (χ3n) is 5.87. The summed E-state index contributed by atoms with van der Waals surface area (Å²) in [7, 11) is 1.59. The molecular formula is C22H29N3O3. The highest BCUT2D eigenvalue weighted by Gasteiger charge is 2.32. The van der Waals surface area contributed by atoms with Gasteiger partial charge >= 0.3 is 6.09 Å². The van der Waals surface area contributed by atoms with Crippen LogP contribution in [0.2, 0.25) is 0 Å². The van der Waals surface area contributed by atoms with E-state index in [0.29, 0.717) is 0 Å². The predicted molar refractivity (Wildman–Crippen MR) is 110 cm³/mol. The molecule has 1 aliphatic rings. The van der Waals surface area contributed by atoms with Gasteiger partial charge in [0.05, 0.1) is 6.04 Å². The number of carboxylic acid groups (broad SMARTS) is 1. The lowest BCUT2D eigenvalue weighted by Gasteiger charge is -2.39. The van der Waals surface area contributed by atoms with E-state index in [1.165, 1.54) is 21.3 Å². The van der Waals surface area contributed by atoms with E-state index in [0.717, 1.165) is 45.2 Å². The zero-order valence-electron chi connectivity index (χ0n) is 16.4. The first kappa shape index (κ1) is 20.3. The van der Waals surface area contributed by atoms with Crippen LogP contribution in [0.4, 0.5) is 4.79 Å². The second-order valence-corrected chi connectivity index (χ2v) is 7.41. The maximum absolute atomic E-state index is 11.5. The maximum atomic E-state index is 11.5. The Balaban J connectivity index is 1.57. The van der Waals surface area contributed by atoms with Gasteiger partial charge in [0.2, 0.25) is 0 Å². The molecule has 0 radical (unpaired) electrons. The number of hydrazine groups is 1. The summed E-state index contributed by atoms with van der Waals surface area (Å²) in [5.74, 6) is 0.197. The molecule has 0 saturated carbocycles. The monoisotopic (exact) mass is 383 g/mol. The van der Waals surface area contributed by atoms with Crippen molar-refractivity contribution in [2.75, 3.05) is 26.7 Å². The summed E-state index contributed by atoms with van der Waals surface area (Å²) in [5, 5.41) is 13.2. The Hall–Kier alpha value is -2.44. The molecule has 0 bridgehead atoms. The number of aldehydes is 1. The van der Waals surface area contributed by atoms with Gasteiger partial charge in [-0.1, -0.05) is 42.5 Å². The summed E-state index contributed by atoms with van der Waals surface area (Å²) in [6.07, 6.45) is 2.83. The van der Waals surface area contributed by atoms with Crippen molar-refractivity contribution in [1.82, 2.24) is 15.3 Å². The van der Waals surface area contributed by atoms with Gasteiger partial charge < -0.3 is 14.8 Å². The molecule has 2 N–H and O–H groups in total. The molecule has 3 rings (SSSR count). The van der Waals surface area contributed by atoms with Gasteiger partial charge in [0.15, 0.2) is 0 Å². The SMILES string of the molecule is CNN(C(=O)O)C(CC=O)C1CCN(CCc2cccc3ccccc23)CC1. The normalized spacial score (nSPS) is 16.8. The van der Waals surface area contributed by atoms with Crippen LogP contribution in [0.3, 0.4) is 0 Å². The highest BCUT2D eigenvalue weighted by molar-refractivity contribution is 5.85. The molecule has 1 heterocycles. The molecule has 1 unspecified atom stereocenters. The van der Waals surface area contributed by atoms with Crippen molar-refractivity contribution < 1.29 is 14.7 Å². The third-order valence-corrected chi connectivity index (χ3v) is 5.87. The van der Waals surface area contributed by atoms with Gasteiger partial charge in [0.1, 0.15) is 6.29 Å². The number of benzene rings is 2. The molecule has 0 aromatic heterocycles. The number of carbonyl (C=O) groups is 2. The Kier molecular flexibility index (Phi) is 7.01. The van der Waals surface area contributed by atoms with E-state index in [2.05, 4.69) is 52.8 Å². The molecule has 1 aliphatic heterocycles. The minimum atomic E-state index is -1.03. The first-order chi connectivity index (χ1) is 13.6. The average Bonchev–Trinajstić information content (AvgIpc) is 2.72. The number of hydrogen-bond acceptors (Lipinski definition) is 4. The quantitative estimate of drug-likeness (QED) is 0.541. The Morgan fingerprint density at radius 3 is 2.64 bits per heavy atom. The van der Waals surface area contributed by atoms with Gasteiger partial charge in [-0.3, -0.25) is 0 Å². The molecule has 1 fully saturated rings. The Morgan fingerprint density at radius 1 is 1.25 bits per heavy atom. The first-order valence-electron chi connectivity index (χ1n) is 9.96. The summed E-state index contributed by atoms with van der Waals surface area (Å²) in [6.45, 7) is 2.86. The molecular weight excluding hydrogens is 354 g/mol. The van der Waals surface area contributed by atoms with E-state index in [1.807, 2.05) is 0 Å². The van der Waals surface area contributed by atoms with Crippen LogP contribution in [0.1, 0.15) is 24.8 Å². The lowest BCUT2D eigenvalue weighted by Crippen LogP contribution is -2.52. The average molecular weight is 383 g/mol. The van der Waals surface area contributed by atoms with Crippen molar-refractivity contribution >= 4 is 23.2 Å². The number of fused-ring (bicyclic) bond motifs is 1. The van der Waals surface area contributed by atoms with Gasteiger partial charge in [-0.15, -0.1) is 0 Å². The Morgan fingerprint density at radius 2 is 1.96 bits per heavy atom. The van der Waals surface area contributed by atoms with Crippen molar-refractivity contribution in [1.29, 1.82) is 0 Å². The fourth-order valence-electron chi connectivity index (χ4n) is 4.36. The third kappa shape index (κ3) is 4.69. The van der Waals surface area contributed by atoms with Gasteiger partial charge in [-0.2, -0.15) is 0 Å². The van der Waals surface area contributed by atoms with Crippen molar-refractivity contribution in [2.24, 2.45) is 5.92 Å². The minimum Gasteiger partial charge on any atom is -0.464 e. The van der Waals surface area contributed by atoms with E-state index in [9.17, 15) is 14.7 Å². The molecule has 1 atom stereocenters. The summed E-state index contributed by atoms with van der Waals surface area (Å²) < 4.78 is 0. The maximum Gasteiger partial charge on any atom is 0.422 e. The molecule has 1 amide bonds. The van der Waals surface area contributed by atoms with Crippen molar-refractivity contribution in [3.8, 4) is 0 Å². The Labute approximate surface area is 166 Å². The number of nitrogens with one attached hydrogen (secondary N) is 1. The van der Waals surface area contributed by atoms with E-state index in [-0.39, 0.29) is 18.4 Å². The van der Waals surface area contributed by atoms with Crippen LogP contribution in [0.25, 0.3) is 10.8 Å². The number of rotatable bonds is 8. The van der Waals surface area contributed by atoms with Crippen LogP contribution in [-0.4, -0.2) is 60.1 Å². The van der Waals surface area contributed by atoms with Crippen LogP contribution in [0.5, 0.6) is 0 Å². The molecule has 0 spiro atoms. The molecule has 6 nitrogen and oxygen atoms in total. The largest absolute Gasteiger partial charge is 0.464 e. The second-order valence-electron chi connectivity index (χ2n) is 7.41. The summed E-state index contributed by atoms with van der Waals surface area (Å²) >= 11 is 0. The zero-order valence-corrected chi connectivity index (χ0v) is 16.4. The zero-order chi connectivity index (χ0) is 19.9. The first-order valence-corrected chi connectivity index (χ1v) is 9.96. The summed E-state index contributed by atoms with van der Waals surface area (Å²) in [6, 6.07) is 14.6. The molecule has 28 heavy (non-hydrogen) atoms. The fourth-order valence-corrected chi connectivity index (χ4v) is 4.36. The van der Waals surface area contributed by atoms with Crippen molar-refractivity contribution in [2.45, 2.75) is 31.7 Å². The second kappa shape index (κ2) is 9.66. The Bertz CT molecular complexity index is 797. The fraction of sp³-hybridized carbons (Fsp3) is 0.455. The predicted octanol–water partition coefficient (Wildman–Crippen LogP) is 3.17. The minimum absolute atomic E-state index is 0.197. The molecule has 6 heteroatoms. The van der Waals surface area contributed by atoms with Crippen LogP contribution in [0, 0.1) is 5.92 Å². The van der Waals surface area contributed by atoms with Crippen LogP contribution in [0.15, 0.2) is 42.5 Å². The number of nitrogens with zero attached hydrogens (tertiary/aromatic N) is 2. The van der Waals surface area contributed by atoms with Crippen molar-refractivity contribution in [3.63, 3.8) is 0 Å². The summed E-state index contributed by atoms with van der Waals surface area (Å²) in [5.41, 5.74) is 4.09. The molecule has 1 saturated heterocycles. The lowest BCUT2D eigenvalue weighted by atomic mass is 9.87. The van der Waals surface area contributed by atoms with E-state index < -0.39 is 6.09 Å². The molecule has 2 aromatic carbocycles. The van der Waals surface area contributed by atoms with Gasteiger partial charge in [0.25, 0.3) is 0 Å². The van der Waals surface area contributed by atoms with E-state index in [4.69, 9.17) is 0 Å². The molecule has 2 aromatic rings. The topological polar surface area (TPSA) is 72.9 Å². The smallest absolute Gasteiger partial charge is 0.422 e. The molecule has 0 aliphatic carbocycles. The standard InChI is InChI=1S/C22H29N3O3/c1-23-25(22(27)28)21(12-16-26)19-10-14-24(15-11-19)13-9-18-7-4-6-17-5-2-3-8-20(17)18/h2-8,16,19,21,23H,9-15H2,1H3,(H,27,28). The lowest BCUT2D eigenvalue weighted by molar-refractivity contribution is -0.109. The van der Waals surface area contributed by atoms with Gasteiger partial charge in [0, 0.05) is 20.0 Å². The number of likely N-dealkylation sites (tertiary alicyclic amines) is 1. The number of piperidine rings is 1. The van der Waals surface area contributed by atoms with Crippen LogP contribution in [-0.2, 0) is 11.2 Å². The van der Waals surface area contributed by atoms with Crippen LogP contribution >= 0.6 is 0 Å². The molecule has 150 valence electrons. The van der Waals surface area contributed by atoms with Crippen molar-refractivity contribution in [3.05, 3.63) is 48.0 Å². The van der Waals surface area contributed by atoms with E-state index >= 15 is 0 Å². The van der Waals surface area contributed by atoms with Crippen LogP contribution < -0.4 is 5.43 Å². The van der Waals surface area contributed by atoms with Gasteiger partial charge in [-0.25, -0.2) is 15.2 Å². The highest BCUT2D eigenvalue weighted by Crippen LogP contribution is 2.26.